The third kappa shape index (κ3) is 1.61. The highest BCUT2D eigenvalue weighted by Gasteiger charge is 2.17. The molecule has 3 rings (SSSR count). The van der Waals surface area contributed by atoms with Gasteiger partial charge in [0.2, 0.25) is 5.78 Å². The number of aryl methyl sites for hydroxylation is 1. The Kier molecular flexibility index (Phi) is 2.78. The van der Waals surface area contributed by atoms with Crippen LogP contribution in [0.15, 0.2) is 35.3 Å². The number of aromatic nitrogens is 3. The quantitative estimate of drug-likeness (QED) is 0.756. The molecule has 3 aromatic rings. The molecule has 0 atom stereocenters. The maximum atomic E-state index is 12.5. The lowest BCUT2D eigenvalue weighted by molar-refractivity contribution is 0.0960. The second-order valence-corrected chi connectivity index (χ2v) is 4.45. The van der Waals surface area contributed by atoms with Gasteiger partial charge >= 0.3 is 0 Å². The summed E-state index contributed by atoms with van der Waals surface area (Å²) in [7, 11) is 1.51. The first-order chi connectivity index (χ1) is 9.67. The van der Waals surface area contributed by atoms with E-state index in [0.717, 1.165) is 5.52 Å². The van der Waals surface area contributed by atoms with Gasteiger partial charge in [0.15, 0.2) is 0 Å². The van der Waals surface area contributed by atoms with E-state index in [4.69, 9.17) is 0 Å². The number of para-hydroxylation sites is 2. The predicted octanol–water partition coefficient (Wildman–Crippen LogP) is 1.03. The van der Waals surface area contributed by atoms with Crippen molar-refractivity contribution in [3.8, 4) is 0 Å². The van der Waals surface area contributed by atoms with Gasteiger partial charge < -0.3 is 9.88 Å². The molecule has 1 N–H and O–H groups in total. The molecule has 102 valence electrons. The van der Waals surface area contributed by atoms with Crippen LogP contribution in [-0.2, 0) is 6.54 Å². The Bertz CT molecular complexity index is 876. The molecule has 0 aliphatic heterocycles. The lowest BCUT2D eigenvalue weighted by atomic mass is 10.3. The zero-order chi connectivity index (χ0) is 14.3. The van der Waals surface area contributed by atoms with Crippen LogP contribution in [0, 0.1) is 0 Å². The van der Waals surface area contributed by atoms with Crippen molar-refractivity contribution in [2.75, 3.05) is 7.05 Å². The first-order valence-electron chi connectivity index (χ1n) is 6.40. The molecular formula is C14H14N4O2. The van der Waals surface area contributed by atoms with E-state index in [1.54, 1.807) is 10.8 Å². The molecule has 0 unspecified atom stereocenters. The summed E-state index contributed by atoms with van der Waals surface area (Å²) in [5.74, 6) is 0.156. The van der Waals surface area contributed by atoms with E-state index in [1.807, 2.05) is 31.2 Å². The molecule has 0 spiro atoms. The number of hydrogen-bond acceptors (Lipinski definition) is 3. The minimum Gasteiger partial charge on any atom is -0.355 e. The topological polar surface area (TPSA) is 68.4 Å². The molecule has 0 bridgehead atoms. The third-order valence-corrected chi connectivity index (χ3v) is 3.33. The summed E-state index contributed by atoms with van der Waals surface area (Å²) in [6, 6.07) is 7.39. The maximum absolute atomic E-state index is 12.5. The van der Waals surface area contributed by atoms with Gasteiger partial charge in [-0.25, -0.2) is 9.38 Å². The van der Waals surface area contributed by atoms with Gasteiger partial charge in [0.1, 0.15) is 5.56 Å². The molecule has 1 amide bonds. The van der Waals surface area contributed by atoms with Crippen molar-refractivity contribution >= 4 is 22.7 Å². The first kappa shape index (κ1) is 12.4. The third-order valence-electron chi connectivity index (χ3n) is 3.33. The number of benzene rings is 1. The smallest absolute Gasteiger partial charge is 0.272 e. The average molecular weight is 270 g/mol. The van der Waals surface area contributed by atoms with Crippen LogP contribution in [0.4, 0.5) is 0 Å². The van der Waals surface area contributed by atoms with Gasteiger partial charge in [-0.05, 0) is 19.1 Å². The largest absolute Gasteiger partial charge is 0.355 e. The fraction of sp³-hybridized carbons (Fsp3) is 0.214. The average Bonchev–Trinajstić information content (AvgIpc) is 2.87. The Morgan fingerprint density at radius 2 is 2.10 bits per heavy atom. The minimum atomic E-state index is -0.392. The van der Waals surface area contributed by atoms with Gasteiger partial charge in [0.25, 0.3) is 11.5 Å². The number of nitrogens with one attached hydrogen (secondary N) is 1. The van der Waals surface area contributed by atoms with Crippen LogP contribution < -0.4 is 10.9 Å². The molecule has 0 aliphatic carbocycles. The van der Waals surface area contributed by atoms with E-state index in [1.165, 1.54) is 11.4 Å². The fourth-order valence-electron chi connectivity index (χ4n) is 2.32. The summed E-state index contributed by atoms with van der Waals surface area (Å²) in [5.41, 5.74) is 1.21. The number of fused-ring (bicyclic) bond motifs is 3. The Balaban J connectivity index is 2.53. The molecule has 0 radical (unpaired) electrons. The number of rotatable bonds is 2. The van der Waals surface area contributed by atoms with Crippen LogP contribution in [0.5, 0.6) is 0 Å². The van der Waals surface area contributed by atoms with Crippen molar-refractivity contribution in [1.29, 1.82) is 0 Å². The first-order valence-corrected chi connectivity index (χ1v) is 6.40. The van der Waals surface area contributed by atoms with Crippen LogP contribution in [0.25, 0.3) is 16.8 Å². The van der Waals surface area contributed by atoms with E-state index in [2.05, 4.69) is 10.3 Å². The van der Waals surface area contributed by atoms with Crippen molar-refractivity contribution in [2.24, 2.45) is 0 Å². The minimum absolute atomic E-state index is 0.116. The number of hydrogen-bond donors (Lipinski definition) is 1. The highest BCUT2D eigenvalue weighted by Crippen LogP contribution is 2.14. The summed E-state index contributed by atoms with van der Waals surface area (Å²) < 4.78 is 3.29. The van der Waals surface area contributed by atoms with Crippen molar-refractivity contribution in [2.45, 2.75) is 13.5 Å². The second-order valence-electron chi connectivity index (χ2n) is 4.45. The van der Waals surface area contributed by atoms with Crippen LogP contribution in [0.1, 0.15) is 17.3 Å². The van der Waals surface area contributed by atoms with Gasteiger partial charge in [-0.1, -0.05) is 12.1 Å². The van der Waals surface area contributed by atoms with E-state index in [0.29, 0.717) is 17.8 Å². The van der Waals surface area contributed by atoms with Crippen LogP contribution in [-0.4, -0.2) is 26.9 Å². The highest BCUT2D eigenvalue weighted by molar-refractivity contribution is 5.94. The monoisotopic (exact) mass is 270 g/mol. The number of nitrogens with zero attached hydrogens (tertiary/aromatic N) is 3. The fourth-order valence-corrected chi connectivity index (χ4v) is 2.32. The van der Waals surface area contributed by atoms with E-state index in [-0.39, 0.29) is 11.1 Å². The molecule has 6 heteroatoms. The van der Waals surface area contributed by atoms with E-state index < -0.39 is 5.91 Å². The van der Waals surface area contributed by atoms with Crippen LogP contribution in [0.3, 0.4) is 0 Å². The highest BCUT2D eigenvalue weighted by atomic mass is 16.2. The van der Waals surface area contributed by atoms with Crippen LogP contribution in [0.2, 0.25) is 0 Å². The molecule has 1 aromatic carbocycles. The molecule has 2 heterocycles. The predicted molar refractivity (Wildman–Crippen MR) is 76.0 cm³/mol. The Morgan fingerprint density at radius 3 is 2.80 bits per heavy atom. The maximum Gasteiger partial charge on any atom is 0.272 e. The number of amides is 1. The summed E-state index contributed by atoms with van der Waals surface area (Å²) in [6.45, 7) is 2.56. The number of carbonyl (C=O) groups excluding carboxylic acids is 1. The molecular weight excluding hydrogens is 256 g/mol. The van der Waals surface area contributed by atoms with Crippen LogP contribution >= 0.6 is 0 Å². The SMILES string of the molecule is CCn1cc(C(=O)NC)c(=O)n2c3ccccc3nc12. The Hall–Kier alpha value is -2.63. The summed E-state index contributed by atoms with van der Waals surface area (Å²) in [6.07, 6.45) is 1.56. The molecule has 0 saturated heterocycles. The standard InChI is InChI=1S/C14H14N4O2/c1-3-17-8-9(12(19)15-2)13(20)18-11-7-5-4-6-10(11)16-14(17)18/h4-8H,3H2,1-2H3,(H,15,19). The lowest BCUT2D eigenvalue weighted by Gasteiger charge is -2.08. The van der Waals surface area contributed by atoms with Gasteiger partial charge in [-0.2, -0.15) is 0 Å². The Labute approximate surface area is 114 Å². The van der Waals surface area contributed by atoms with Gasteiger partial charge in [-0.15, -0.1) is 0 Å². The summed E-state index contributed by atoms with van der Waals surface area (Å²) >= 11 is 0. The van der Waals surface area contributed by atoms with Gasteiger partial charge in [-0.3, -0.25) is 9.59 Å². The van der Waals surface area contributed by atoms with Crippen molar-refractivity contribution in [3.63, 3.8) is 0 Å². The molecule has 0 aliphatic rings. The molecule has 0 saturated carbocycles. The lowest BCUT2D eigenvalue weighted by Crippen LogP contribution is -2.30. The number of imidazole rings is 1. The Morgan fingerprint density at radius 1 is 1.35 bits per heavy atom. The second kappa shape index (κ2) is 4.48. The molecule has 20 heavy (non-hydrogen) atoms. The zero-order valence-corrected chi connectivity index (χ0v) is 11.3. The number of carbonyl (C=O) groups is 1. The van der Waals surface area contributed by atoms with Gasteiger partial charge in [0.05, 0.1) is 11.0 Å². The molecule has 2 aromatic heterocycles. The summed E-state index contributed by atoms with van der Waals surface area (Å²) in [4.78, 5) is 28.8. The van der Waals surface area contributed by atoms with E-state index in [9.17, 15) is 9.59 Å². The normalized spacial score (nSPS) is 11.1. The van der Waals surface area contributed by atoms with Crippen molar-refractivity contribution in [3.05, 3.63) is 46.4 Å². The molecule has 0 fully saturated rings. The van der Waals surface area contributed by atoms with E-state index >= 15 is 0 Å². The zero-order valence-electron chi connectivity index (χ0n) is 11.3. The molecule has 6 nitrogen and oxygen atoms in total. The van der Waals surface area contributed by atoms with Crippen molar-refractivity contribution < 1.29 is 4.79 Å². The van der Waals surface area contributed by atoms with Gasteiger partial charge in [0, 0.05) is 19.8 Å². The summed E-state index contributed by atoms with van der Waals surface area (Å²) in [5, 5.41) is 2.49. The van der Waals surface area contributed by atoms with Crippen molar-refractivity contribution in [1.82, 2.24) is 19.3 Å².